The van der Waals surface area contributed by atoms with Gasteiger partial charge in [0.05, 0.1) is 22.8 Å². The Labute approximate surface area is 176 Å². The van der Waals surface area contributed by atoms with E-state index in [4.69, 9.17) is 4.98 Å². The Bertz CT molecular complexity index is 1040. The maximum absolute atomic E-state index is 10.9. The van der Waals surface area contributed by atoms with Crippen molar-refractivity contribution >= 4 is 6.29 Å². The molecule has 1 aromatic carbocycles. The van der Waals surface area contributed by atoms with Crippen LogP contribution in [-0.4, -0.2) is 26.1 Å². The minimum Gasteiger partial charge on any atom is -0.298 e. The van der Waals surface area contributed by atoms with Gasteiger partial charge < -0.3 is 0 Å². The van der Waals surface area contributed by atoms with E-state index in [0.717, 1.165) is 34.6 Å². The van der Waals surface area contributed by atoms with Gasteiger partial charge in [-0.1, -0.05) is 42.5 Å². The molecular weight excluding hydrogens is 372 g/mol. The van der Waals surface area contributed by atoms with Crippen LogP contribution < -0.4 is 0 Å². The summed E-state index contributed by atoms with van der Waals surface area (Å²) in [7, 11) is 0. The van der Waals surface area contributed by atoms with Crippen LogP contribution in [0.25, 0.3) is 11.3 Å². The fourth-order valence-corrected chi connectivity index (χ4v) is 3.30. The molecule has 0 bridgehead atoms. The Morgan fingerprint density at radius 1 is 0.667 bits per heavy atom. The summed E-state index contributed by atoms with van der Waals surface area (Å²) in [6, 6.07) is 25.4. The molecule has 0 aliphatic rings. The Hall–Kier alpha value is -3.70. The summed E-state index contributed by atoms with van der Waals surface area (Å²) in [4.78, 5) is 27.0. The van der Waals surface area contributed by atoms with Crippen LogP contribution in [0.2, 0.25) is 0 Å². The van der Waals surface area contributed by atoms with Gasteiger partial charge in [0.2, 0.25) is 0 Å². The number of rotatable bonds is 8. The fraction of sp³-hybridized carbons (Fsp3) is 0.120. The van der Waals surface area contributed by atoms with Crippen molar-refractivity contribution in [2.75, 3.05) is 0 Å². The molecule has 0 spiro atoms. The van der Waals surface area contributed by atoms with Crippen LogP contribution in [0.1, 0.15) is 27.4 Å². The molecule has 0 aliphatic carbocycles. The summed E-state index contributed by atoms with van der Waals surface area (Å²) < 4.78 is 0. The first-order valence-corrected chi connectivity index (χ1v) is 9.84. The zero-order chi connectivity index (χ0) is 20.6. The van der Waals surface area contributed by atoms with Gasteiger partial charge >= 0.3 is 0 Å². The van der Waals surface area contributed by atoms with Crippen molar-refractivity contribution in [1.82, 2.24) is 19.9 Å². The molecule has 0 saturated heterocycles. The van der Waals surface area contributed by atoms with Gasteiger partial charge in [-0.05, 0) is 36.4 Å². The quantitative estimate of drug-likeness (QED) is 0.410. The van der Waals surface area contributed by atoms with Crippen molar-refractivity contribution in [3.63, 3.8) is 0 Å². The zero-order valence-electron chi connectivity index (χ0n) is 16.6. The van der Waals surface area contributed by atoms with Gasteiger partial charge in [0.1, 0.15) is 6.29 Å². The standard InChI is InChI=1S/C25H22N4O/c30-19-20-10-12-21(13-11-20)25-9-5-8-24(28-25)18-29(16-22-6-1-3-14-26-22)17-23-7-2-4-15-27-23/h1-15,19H,16-18H2. The van der Waals surface area contributed by atoms with E-state index in [1.165, 1.54) is 0 Å². The van der Waals surface area contributed by atoms with Crippen molar-refractivity contribution < 1.29 is 4.79 Å². The lowest BCUT2D eigenvalue weighted by molar-refractivity contribution is 0.112. The van der Waals surface area contributed by atoms with Crippen molar-refractivity contribution in [2.24, 2.45) is 0 Å². The minimum atomic E-state index is 0.659. The zero-order valence-corrected chi connectivity index (χ0v) is 16.6. The third-order valence-electron chi connectivity index (χ3n) is 4.76. The largest absolute Gasteiger partial charge is 0.298 e. The molecule has 0 atom stereocenters. The molecule has 4 rings (SSSR count). The van der Waals surface area contributed by atoms with E-state index in [-0.39, 0.29) is 0 Å². The van der Waals surface area contributed by atoms with Gasteiger partial charge in [-0.3, -0.25) is 24.6 Å². The minimum absolute atomic E-state index is 0.659. The molecule has 3 aromatic heterocycles. The predicted octanol–water partition coefficient (Wildman–Crippen LogP) is 4.55. The molecule has 0 amide bonds. The number of aromatic nitrogens is 3. The first-order chi connectivity index (χ1) is 14.8. The predicted molar refractivity (Wildman–Crippen MR) is 116 cm³/mol. The molecular formula is C25H22N4O. The maximum atomic E-state index is 10.9. The SMILES string of the molecule is O=Cc1ccc(-c2cccc(CN(Cc3ccccn3)Cc3ccccn3)n2)cc1. The third kappa shape index (κ3) is 5.21. The van der Waals surface area contributed by atoms with Crippen LogP contribution in [0.5, 0.6) is 0 Å². The molecule has 148 valence electrons. The van der Waals surface area contributed by atoms with Gasteiger partial charge in [0, 0.05) is 43.2 Å². The molecule has 30 heavy (non-hydrogen) atoms. The molecule has 0 fully saturated rings. The Morgan fingerprint density at radius 2 is 1.27 bits per heavy atom. The van der Waals surface area contributed by atoms with Crippen LogP contribution in [0.15, 0.2) is 91.3 Å². The van der Waals surface area contributed by atoms with Crippen LogP contribution >= 0.6 is 0 Å². The van der Waals surface area contributed by atoms with Crippen LogP contribution in [0.4, 0.5) is 0 Å². The van der Waals surface area contributed by atoms with E-state index < -0.39 is 0 Å². The highest BCUT2D eigenvalue weighted by Crippen LogP contribution is 2.19. The van der Waals surface area contributed by atoms with Crippen molar-refractivity contribution in [1.29, 1.82) is 0 Å². The van der Waals surface area contributed by atoms with E-state index in [1.54, 1.807) is 0 Å². The fourth-order valence-electron chi connectivity index (χ4n) is 3.30. The number of nitrogens with zero attached hydrogens (tertiary/aromatic N) is 4. The monoisotopic (exact) mass is 394 g/mol. The number of aldehydes is 1. The molecule has 4 aromatic rings. The van der Waals surface area contributed by atoms with Crippen molar-refractivity contribution in [3.8, 4) is 11.3 Å². The lowest BCUT2D eigenvalue weighted by Crippen LogP contribution is -2.24. The van der Waals surface area contributed by atoms with E-state index in [0.29, 0.717) is 25.2 Å². The van der Waals surface area contributed by atoms with E-state index >= 15 is 0 Å². The number of benzene rings is 1. The van der Waals surface area contributed by atoms with Crippen LogP contribution in [0.3, 0.4) is 0 Å². The highest BCUT2D eigenvalue weighted by atomic mass is 16.1. The number of carbonyl (C=O) groups excluding carboxylic acids is 1. The van der Waals surface area contributed by atoms with Crippen molar-refractivity contribution in [2.45, 2.75) is 19.6 Å². The van der Waals surface area contributed by atoms with Gasteiger partial charge in [-0.15, -0.1) is 0 Å². The van der Waals surface area contributed by atoms with E-state index in [1.807, 2.05) is 91.3 Å². The number of hydrogen-bond acceptors (Lipinski definition) is 5. The average molecular weight is 394 g/mol. The molecule has 5 heteroatoms. The normalized spacial score (nSPS) is 10.8. The molecule has 0 radical (unpaired) electrons. The number of hydrogen-bond donors (Lipinski definition) is 0. The molecule has 3 heterocycles. The maximum Gasteiger partial charge on any atom is 0.150 e. The summed E-state index contributed by atoms with van der Waals surface area (Å²) in [5, 5.41) is 0. The summed E-state index contributed by atoms with van der Waals surface area (Å²) in [5.74, 6) is 0. The van der Waals surface area contributed by atoms with Crippen LogP contribution in [0, 0.1) is 0 Å². The molecule has 0 unspecified atom stereocenters. The second-order valence-corrected chi connectivity index (χ2v) is 7.04. The van der Waals surface area contributed by atoms with Gasteiger partial charge in [-0.25, -0.2) is 0 Å². The Kier molecular flexibility index (Phi) is 6.32. The number of carbonyl (C=O) groups is 1. The second kappa shape index (κ2) is 9.67. The average Bonchev–Trinajstić information content (AvgIpc) is 2.81. The summed E-state index contributed by atoms with van der Waals surface area (Å²) in [5.41, 5.74) is 5.53. The smallest absolute Gasteiger partial charge is 0.150 e. The molecule has 0 N–H and O–H groups in total. The molecule has 0 aliphatic heterocycles. The first-order valence-electron chi connectivity index (χ1n) is 9.84. The van der Waals surface area contributed by atoms with Gasteiger partial charge in [0.25, 0.3) is 0 Å². The van der Waals surface area contributed by atoms with Gasteiger partial charge in [-0.2, -0.15) is 0 Å². The molecule has 5 nitrogen and oxygen atoms in total. The lowest BCUT2D eigenvalue weighted by Gasteiger charge is -2.21. The molecule has 0 saturated carbocycles. The van der Waals surface area contributed by atoms with Crippen molar-refractivity contribution in [3.05, 3.63) is 114 Å². The highest BCUT2D eigenvalue weighted by Gasteiger charge is 2.11. The topological polar surface area (TPSA) is 59.0 Å². The summed E-state index contributed by atoms with van der Waals surface area (Å²) in [6.07, 6.45) is 4.48. The summed E-state index contributed by atoms with van der Waals surface area (Å²) in [6.45, 7) is 2.09. The highest BCUT2D eigenvalue weighted by molar-refractivity contribution is 5.76. The lowest BCUT2D eigenvalue weighted by atomic mass is 10.1. The van der Waals surface area contributed by atoms with E-state index in [2.05, 4.69) is 14.9 Å². The third-order valence-corrected chi connectivity index (χ3v) is 4.76. The Morgan fingerprint density at radius 3 is 1.83 bits per heavy atom. The second-order valence-electron chi connectivity index (χ2n) is 7.04. The summed E-state index contributed by atoms with van der Waals surface area (Å²) >= 11 is 0. The van der Waals surface area contributed by atoms with Gasteiger partial charge in [0.15, 0.2) is 0 Å². The number of pyridine rings is 3. The van der Waals surface area contributed by atoms with Crippen LogP contribution in [-0.2, 0) is 19.6 Å². The Balaban J connectivity index is 1.56. The van der Waals surface area contributed by atoms with E-state index in [9.17, 15) is 4.79 Å². The first kappa shape index (κ1) is 19.6.